The van der Waals surface area contributed by atoms with Gasteiger partial charge in [-0.05, 0) is 39.3 Å². The van der Waals surface area contributed by atoms with Gasteiger partial charge in [-0.2, -0.15) is 5.10 Å². The van der Waals surface area contributed by atoms with Crippen LogP contribution in [0, 0.1) is 0 Å². The average Bonchev–Trinajstić information content (AvgIpc) is 3.14. The maximum Gasteiger partial charge on any atom is 0.132 e. The Kier molecular flexibility index (Phi) is 5.56. The van der Waals surface area contributed by atoms with Gasteiger partial charge in [-0.25, -0.2) is 4.98 Å². The minimum atomic E-state index is 0.104. The third-order valence-corrected chi connectivity index (χ3v) is 3.76. The van der Waals surface area contributed by atoms with E-state index >= 15 is 0 Å². The molecule has 116 valence electrons. The molecule has 2 aromatic heterocycles. The Hall–Kier alpha value is -1.62. The molecule has 0 spiro atoms. The van der Waals surface area contributed by atoms with Gasteiger partial charge >= 0.3 is 0 Å². The van der Waals surface area contributed by atoms with Crippen molar-refractivity contribution in [1.29, 1.82) is 0 Å². The maximum atomic E-state index is 4.68. The molecule has 2 rings (SSSR count). The van der Waals surface area contributed by atoms with Crippen molar-refractivity contribution in [3.05, 3.63) is 35.7 Å². The summed E-state index contributed by atoms with van der Waals surface area (Å²) < 4.78 is 4.30. The highest BCUT2D eigenvalue weighted by molar-refractivity contribution is 5.22. The van der Waals surface area contributed by atoms with Crippen LogP contribution in [0.2, 0.25) is 0 Å². The molecular formula is C16H27N5. The molecule has 1 atom stereocenters. The summed E-state index contributed by atoms with van der Waals surface area (Å²) in [6.07, 6.45) is 5.99. The summed E-state index contributed by atoms with van der Waals surface area (Å²) in [7, 11) is 0. The number of rotatable bonds is 8. The van der Waals surface area contributed by atoms with E-state index in [1.807, 2.05) is 12.4 Å². The Bertz CT molecular complexity index is 555. The highest BCUT2D eigenvalue weighted by Crippen LogP contribution is 2.22. The molecule has 0 aliphatic heterocycles. The van der Waals surface area contributed by atoms with Crippen molar-refractivity contribution in [1.82, 2.24) is 24.6 Å². The van der Waals surface area contributed by atoms with E-state index < -0.39 is 0 Å². The second kappa shape index (κ2) is 7.41. The van der Waals surface area contributed by atoms with Crippen LogP contribution < -0.4 is 5.32 Å². The van der Waals surface area contributed by atoms with Crippen LogP contribution in [0.5, 0.6) is 0 Å². The van der Waals surface area contributed by atoms with Crippen LogP contribution in [-0.2, 0) is 19.5 Å². The van der Waals surface area contributed by atoms with Gasteiger partial charge in [0.15, 0.2) is 0 Å². The molecule has 1 unspecified atom stereocenters. The molecule has 0 saturated heterocycles. The van der Waals surface area contributed by atoms with Crippen molar-refractivity contribution in [2.45, 2.75) is 59.7 Å². The first-order valence-corrected chi connectivity index (χ1v) is 8.06. The maximum absolute atomic E-state index is 4.68. The zero-order valence-electron chi connectivity index (χ0n) is 13.6. The van der Waals surface area contributed by atoms with Crippen molar-refractivity contribution in [3.63, 3.8) is 0 Å². The molecule has 21 heavy (non-hydrogen) atoms. The summed E-state index contributed by atoms with van der Waals surface area (Å²) in [6, 6.07) is 2.32. The molecule has 0 saturated carbocycles. The number of aryl methyl sites for hydroxylation is 3. The average molecular weight is 289 g/mol. The lowest BCUT2D eigenvalue weighted by atomic mass is 10.1. The first kappa shape index (κ1) is 15.8. The molecular weight excluding hydrogens is 262 g/mol. The monoisotopic (exact) mass is 289 g/mol. The Morgan fingerprint density at radius 3 is 2.62 bits per heavy atom. The lowest BCUT2D eigenvalue weighted by Crippen LogP contribution is -2.28. The van der Waals surface area contributed by atoms with Crippen LogP contribution in [0.1, 0.15) is 57.4 Å². The van der Waals surface area contributed by atoms with Gasteiger partial charge in [-0.3, -0.25) is 4.68 Å². The highest BCUT2D eigenvalue weighted by Gasteiger charge is 2.22. The quantitative estimate of drug-likeness (QED) is 0.813. The fourth-order valence-electron chi connectivity index (χ4n) is 2.61. The molecule has 0 fully saturated rings. The molecule has 0 amide bonds. The topological polar surface area (TPSA) is 47.7 Å². The van der Waals surface area contributed by atoms with Crippen LogP contribution in [-0.4, -0.2) is 25.9 Å². The summed E-state index contributed by atoms with van der Waals surface area (Å²) in [5.74, 6) is 1.07. The summed E-state index contributed by atoms with van der Waals surface area (Å²) in [5.41, 5.74) is 2.36. The number of aromatic nitrogens is 4. The summed E-state index contributed by atoms with van der Waals surface area (Å²) in [5, 5.41) is 8.31. The van der Waals surface area contributed by atoms with Gasteiger partial charge in [-0.1, -0.05) is 13.8 Å². The predicted octanol–water partition coefficient (Wildman–Crippen LogP) is 2.77. The molecule has 1 N–H and O–H groups in total. The van der Waals surface area contributed by atoms with Gasteiger partial charge in [0.05, 0.1) is 11.4 Å². The minimum Gasteiger partial charge on any atom is -0.334 e. The second-order valence-corrected chi connectivity index (χ2v) is 5.19. The molecule has 5 nitrogen and oxygen atoms in total. The van der Waals surface area contributed by atoms with Gasteiger partial charge in [-0.15, -0.1) is 0 Å². The van der Waals surface area contributed by atoms with Crippen LogP contribution in [0.25, 0.3) is 0 Å². The van der Waals surface area contributed by atoms with E-state index in [-0.39, 0.29) is 6.04 Å². The predicted molar refractivity (Wildman–Crippen MR) is 85.3 cm³/mol. The van der Waals surface area contributed by atoms with E-state index in [0.29, 0.717) is 0 Å². The third kappa shape index (κ3) is 3.35. The smallest absolute Gasteiger partial charge is 0.132 e. The van der Waals surface area contributed by atoms with Gasteiger partial charge in [0.2, 0.25) is 0 Å². The SMILES string of the molecule is CCCNC(c1nccn1CC)c1cc(CC)nn1CC. The molecule has 2 aromatic rings. The zero-order valence-corrected chi connectivity index (χ0v) is 13.6. The second-order valence-electron chi connectivity index (χ2n) is 5.19. The van der Waals surface area contributed by atoms with E-state index in [1.54, 1.807) is 0 Å². The molecule has 2 heterocycles. The van der Waals surface area contributed by atoms with Crippen molar-refractivity contribution in [2.24, 2.45) is 0 Å². The number of imidazole rings is 1. The Balaban J connectivity index is 2.42. The van der Waals surface area contributed by atoms with Crippen molar-refractivity contribution < 1.29 is 0 Å². The lowest BCUT2D eigenvalue weighted by Gasteiger charge is -2.20. The third-order valence-electron chi connectivity index (χ3n) is 3.76. The fourth-order valence-corrected chi connectivity index (χ4v) is 2.61. The van der Waals surface area contributed by atoms with Gasteiger partial charge in [0, 0.05) is 25.5 Å². The largest absolute Gasteiger partial charge is 0.334 e. The standard InChI is InChI=1S/C16H27N5/c1-5-9-17-15(16-18-10-11-20(16)7-3)14-12-13(6-2)19-21(14)8-4/h10-12,15,17H,5-9H2,1-4H3. The van der Waals surface area contributed by atoms with Crippen LogP contribution >= 0.6 is 0 Å². The van der Waals surface area contributed by atoms with Gasteiger partial charge < -0.3 is 9.88 Å². The van der Waals surface area contributed by atoms with Crippen molar-refractivity contribution >= 4 is 0 Å². The summed E-state index contributed by atoms with van der Waals surface area (Å²) >= 11 is 0. The van der Waals surface area contributed by atoms with Crippen LogP contribution in [0.3, 0.4) is 0 Å². The molecule has 0 aliphatic rings. The van der Waals surface area contributed by atoms with Crippen LogP contribution in [0.4, 0.5) is 0 Å². The van der Waals surface area contributed by atoms with Crippen LogP contribution in [0.15, 0.2) is 18.5 Å². The number of nitrogens with zero attached hydrogens (tertiary/aromatic N) is 4. The van der Waals surface area contributed by atoms with Gasteiger partial charge in [0.25, 0.3) is 0 Å². The van der Waals surface area contributed by atoms with E-state index in [1.165, 1.54) is 5.69 Å². The normalized spacial score (nSPS) is 12.8. The first-order chi connectivity index (χ1) is 10.2. The minimum absolute atomic E-state index is 0.104. The number of hydrogen-bond acceptors (Lipinski definition) is 3. The Labute approximate surface area is 127 Å². The fraction of sp³-hybridized carbons (Fsp3) is 0.625. The number of nitrogens with one attached hydrogen (secondary N) is 1. The summed E-state index contributed by atoms with van der Waals surface area (Å²) in [4.78, 5) is 4.59. The number of hydrogen-bond donors (Lipinski definition) is 1. The first-order valence-electron chi connectivity index (χ1n) is 8.06. The Morgan fingerprint density at radius 1 is 1.19 bits per heavy atom. The van der Waals surface area contributed by atoms with E-state index in [0.717, 1.165) is 44.0 Å². The molecule has 0 aromatic carbocycles. The molecule has 0 radical (unpaired) electrons. The molecule has 0 bridgehead atoms. The highest BCUT2D eigenvalue weighted by atomic mass is 15.3. The zero-order chi connectivity index (χ0) is 15.2. The summed E-state index contributed by atoms with van der Waals surface area (Å²) in [6.45, 7) is 11.4. The molecule has 0 aliphatic carbocycles. The lowest BCUT2D eigenvalue weighted by molar-refractivity contribution is 0.494. The van der Waals surface area contributed by atoms with Crippen molar-refractivity contribution in [3.8, 4) is 0 Å². The van der Waals surface area contributed by atoms with E-state index in [4.69, 9.17) is 0 Å². The molecule has 5 heteroatoms. The Morgan fingerprint density at radius 2 is 2.00 bits per heavy atom. The van der Waals surface area contributed by atoms with Crippen molar-refractivity contribution in [2.75, 3.05) is 6.54 Å². The van der Waals surface area contributed by atoms with E-state index in [9.17, 15) is 0 Å². The van der Waals surface area contributed by atoms with Gasteiger partial charge in [0.1, 0.15) is 11.9 Å². The van der Waals surface area contributed by atoms with E-state index in [2.05, 4.69) is 58.4 Å².